The summed E-state index contributed by atoms with van der Waals surface area (Å²) in [6.45, 7) is 1.52. The minimum Gasteiger partial charge on any atom is -0.368 e. The van der Waals surface area contributed by atoms with Crippen LogP contribution in [0.2, 0.25) is 0 Å². The highest BCUT2D eigenvalue weighted by molar-refractivity contribution is 6.01. The van der Waals surface area contributed by atoms with Gasteiger partial charge in [0.1, 0.15) is 0 Å². The zero-order valence-corrected chi connectivity index (χ0v) is 14.6. The SMILES string of the molecule is NC(=O)C1CCCN1Cc1cccc(NC(=O)/C=C/c2ccccc2)c1. The van der Waals surface area contributed by atoms with Crippen molar-refractivity contribution in [3.63, 3.8) is 0 Å². The number of amides is 2. The molecule has 0 spiro atoms. The molecule has 5 nitrogen and oxygen atoms in total. The summed E-state index contributed by atoms with van der Waals surface area (Å²) in [5.74, 6) is -0.444. The number of nitrogens with two attached hydrogens (primary N) is 1. The topological polar surface area (TPSA) is 75.4 Å². The van der Waals surface area contributed by atoms with Gasteiger partial charge in [-0.3, -0.25) is 14.5 Å². The average Bonchev–Trinajstić information content (AvgIpc) is 3.09. The van der Waals surface area contributed by atoms with Gasteiger partial charge in [-0.2, -0.15) is 0 Å². The van der Waals surface area contributed by atoms with Crippen LogP contribution in [0.5, 0.6) is 0 Å². The molecule has 2 aromatic rings. The molecule has 1 heterocycles. The molecule has 0 radical (unpaired) electrons. The van der Waals surface area contributed by atoms with Crippen LogP contribution in [0.25, 0.3) is 6.08 Å². The van der Waals surface area contributed by atoms with Gasteiger partial charge in [-0.05, 0) is 48.7 Å². The van der Waals surface area contributed by atoms with Gasteiger partial charge in [-0.1, -0.05) is 42.5 Å². The Labute approximate surface area is 153 Å². The number of primary amides is 1. The fraction of sp³-hybridized carbons (Fsp3) is 0.238. The van der Waals surface area contributed by atoms with Crippen molar-refractivity contribution in [1.29, 1.82) is 0 Å². The van der Waals surface area contributed by atoms with Gasteiger partial charge in [0, 0.05) is 18.3 Å². The summed E-state index contributed by atoms with van der Waals surface area (Å²) in [6.07, 6.45) is 5.09. The number of rotatable bonds is 6. The summed E-state index contributed by atoms with van der Waals surface area (Å²) in [5, 5.41) is 2.88. The van der Waals surface area contributed by atoms with E-state index in [2.05, 4.69) is 10.2 Å². The van der Waals surface area contributed by atoms with E-state index >= 15 is 0 Å². The molecular weight excluding hydrogens is 326 g/mol. The van der Waals surface area contributed by atoms with E-state index in [-0.39, 0.29) is 17.9 Å². The molecule has 1 aliphatic heterocycles. The second-order valence-corrected chi connectivity index (χ2v) is 6.46. The number of nitrogens with zero attached hydrogens (tertiary/aromatic N) is 1. The molecule has 1 saturated heterocycles. The van der Waals surface area contributed by atoms with E-state index < -0.39 is 0 Å². The van der Waals surface area contributed by atoms with Crippen LogP contribution in [-0.4, -0.2) is 29.3 Å². The second-order valence-electron chi connectivity index (χ2n) is 6.46. The minimum atomic E-state index is -0.266. The van der Waals surface area contributed by atoms with Gasteiger partial charge in [0.2, 0.25) is 11.8 Å². The Morgan fingerprint density at radius 2 is 1.96 bits per heavy atom. The molecule has 1 aliphatic rings. The highest BCUT2D eigenvalue weighted by Crippen LogP contribution is 2.21. The van der Waals surface area contributed by atoms with E-state index in [1.807, 2.05) is 54.6 Å². The number of likely N-dealkylation sites (tertiary alicyclic amines) is 1. The molecule has 1 fully saturated rings. The molecule has 3 rings (SSSR count). The Morgan fingerprint density at radius 3 is 2.73 bits per heavy atom. The number of hydrogen-bond acceptors (Lipinski definition) is 3. The van der Waals surface area contributed by atoms with Gasteiger partial charge in [-0.25, -0.2) is 0 Å². The molecule has 26 heavy (non-hydrogen) atoms. The highest BCUT2D eigenvalue weighted by Gasteiger charge is 2.28. The zero-order valence-electron chi connectivity index (χ0n) is 14.6. The lowest BCUT2D eigenvalue weighted by atomic mass is 10.1. The fourth-order valence-corrected chi connectivity index (χ4v) is 3.24. The first-order chi connectivity index (χ1) is 12.6. The van der Waals surface area contributed by atoms with Crippen LogP contribution < -0.4 is 11.1 Å². The number of benzene rings is 2. The van der Waals surface area contributed by atoms with Crippen molar-refractivity contribution < 1.29 is 9.59 Å². The lowest BCUT2D eigenvalue weighted by Gasteiger charge is -2.22. The van der Waals surface area contributed by atoms with Crippen molar-refractivity contribution in [2.24, 2.45) is 5.73 Å². The average molecular weight is 349 g/mol. The van der Waals surface area contributed by atoms with Crippen molar-refractivity contribution >= 4 is 23.6 Å². The van der Waals surface area contributed by atoms with Crippen LogP contribution in [0.3, 0.4) is 0 Å². The monoisotopic (exact) mass is 349 g/mol. The fourth-order valence-electron chi connectivity index (χ4n) is 3.24. The molecule has 1 atom stereocenters. The molecular formula is C21H23N3O2. The Morgan fingerprint density at radius 1 is 1.15 bits per heavy atom. The standard InChI is InChI=1S/C21H23N3O2/c22-21(26)19-10-5-13-24(19)15-17-8-4-9-18(14-17)23-20(25)12-11-16-6-2-1-3-7-16/h1-4,6-9,11-12,14,19H,5,10,13,15H2,(H2,22,26)(H,23,25)/b12-11+. The summed E-state index contributed by atoms with van der Waals surface area (Å²) in [4.78, 5) is 25.7. The predicted octanol–water partition coefficient (Wildman–Crippen LogP) is 2.79. The van der Waals surface area contributed by atoms with E-state index in [9.17, 15) is 9.59 Å². The summed E-state index contributed by atoms with van der Waals surface area (Å²) in [5.41, 5.74) is 8.23. The lowest BCUT2D eigenvalue weighted by molar-refractivity contribution is -0.122. The van der Waals surface area contributed by atoms with Gasteiger partial charge < -0.3 is 11.1 Å². The summed E-state index contributed by atoms with van der Waals surface area (Å²) < 4.78 is 0. The summed E-state index contributed by atoms with van der Waals surface area (Å²) >= 11 is 0. The molecule has 5 heteroatoms. The highest BCUT2D eigenvalue weighted by atomic mass is 16.2. The Hall–Kier alpha value is -2.92. The zero-order chi connectivity index (χ0) is 18.4. The number of anilines is 1. The van der Waals surface area contributed by atoms with Crippen molar-refractivity contribution in [3.05, 3.63) is 71.8 Å². The molecule has 2 amide bonds. The largest absolute Gasteiger partial charge is 0.368 e. The summed E-state index contributed by atoms with van der Waals surface area (Å²) in [7, 11) is 0. The normalized spacial score (nSPS) is 17.5. The molecule has 2 aromatic carbocycles. The van der Waals surface area contributed by atoms with Crippen LogP contribution in [0.1, 0.15) is 24.0 Å². The Balaban J connectivity index is 1.61. The smallest absolute Gasteiger partial charge is 0.248 e. The predicted molar refractivity (Wildman–Crippen MR) is 103 cm³/mol. The first-order valence-corrected chi connectivity index (χ1v) is 8.78. The number of nitrogens with one attached hydrogen (secondary N) is 1. The third kappa shape index (κ3) is 4.80. The molecule has 0 saturated carbocycles. The van der Waals surface area contributed by atoms with E-state index in [0.29, 0.717) is 6.54 Å². The number of hydrogen-bond donors (Lipinski definition) is 2. The van der Waals surface area contributed by atoms with Gasteiger partial charge in [-0.15, -0.1) is 0 Å². The van der Waals surface area contributed by atoms with Crippen molar-refractivity contribution in [2.75, 3.05) is 11.9 Å². The van der Waals surface area contributed by atoms with Crippen molar-refractivity contribution in [1.82, 2.24) is 4.90 Å². The first kappa shape index (κ1) is 17.9. The third-order valence-corrected chi connectivity index (χ3v) is 4.50. The van der Waals surface area contributed by atoms with Crippen molar-refractivity contribution in [2.45, 2.75) is 25.4 Å². The summed E-state index contributed by atoms with van der Waals surface area (Å²) in [6, 6.07) is 17.2. The maximum absolute atomic E-state index is 12.1. The van der Waals surface area contributed by atoms with Crippen molar-refractivity contribution in [3.8, 4) is 0 Å². The molecule has 0 aromatic heterocycles. The van der Waals surface area contributed by atoms with Gasteiger partial charge >= 0.3 is 0 Å². The van der Waals surface area contributed by atoms with Crippen LogP contribution in [0.15, 0.2) is 60.7 Å². The molecule has 0 aliphatic carbocycles. The molecule has 3 N–H and O–H groups in total. The van der Waals surface area contributed by atoms with Crippen LogP contribution in [0.4, 0.5) is 5.69 Å². The minimum absolute atomic E-state index is 0.179. The van der Waals surface area contributed by atoms with E-state index in [4.69, 9.17) is 5.73 Å². The quantitative estimate of drug-likeness (QED) is 0.788. The van der Waals surface area contributed by atoms with E-state index in [1.54, 1.807) is 6.08 Å². The molecule has 134 valence electrons. The van der Waals surface area contributed by atoms with Gasteiger partial charge in [0.25, 0.3) is 0 Å². The Kier molecular flexibility index (Phi) is 5.81. The molecule has 1 unspecified atom stereocenters. The Bertz CT molecular complexity index is 802. The maximum atomic E-state index is 12.1. The molecule has 0 bridgehead atoms. The second kappa shape index (κ2) is 8.45. The number of carbonyl (C=O) groups is 2. The van der Waals surface area contributed by atoms with Crippen LogP contribution in [-0.2, 0) is 16.1 Å². The van der Waals surface area contributed by atoms with Gasteiger partial charge in [0.15, 0.2) is 0 Å². The lowest BCUT2D eigenvalue weighted by Crippen LogP contribution is -2.39. The van der Waals surface area contributed by atoms with E-state index in [1.165, 1.54) is 6.08 Å². The van der Waals surface area contributed by atoms with Gasteiger partial charge in [0.05, 0.1) is 6.04 Å². The third-order valence-electron chi connectivity index (χ3n) is 4.50. The number of carbonyl (C=O) groups excluding carboxylic acids is 2. The maximum Gasteiger partial charge on any atom is 0.248 e. The van der Waals surface area contributed by atoms with Crippen LogP contribution in [0, 0.1) is 0 Å². The van der Waals surface area contributed by atoms with E-state index in [0.717, 1.165) is 36.2 Å². The first-order valence-electron chi connectivity index (χ1n) is 8.78. The van der Waals surface area contributed by atoms with Crippen LogP contribution >= 0.6 is 0 Å².